The van der Waals surface area contributed by atoms with Gasteiger partial charge >= 0.3 is 0 Å². The maximum Gasteiger partial charge on any atom is 0.0317 e. The third-order valence-electron chi connectivity index (χ3n) is 2.45. The van der Waals surface area contributed by atoms with Gasteiger partial charge in [0.15, 0.2) is 0 Å². The Morgan fingerprint density at radius 1 is 1.00 bits per heavy atom. The third kappa shape index (κ3) is 3.60. The lowest BCUT2D eigenvalue weighted by molar-refractivity contribution is 1.12. The molecule has 2 aromatic carbocycles. The summed E-state index contributed by atoms with van der Waals surface area (Å²) in [7, 11) is 0. The fraction of sp³-hybridized carbons (Fsp3) is 0.143. The predicted molar refractivity (Wildman–Crippen MR) is 81.8 cm³/mol. The summed E-state index contributed by atoms with van der Waals surface area (Å²) in [6, 6.07) is 14.9. The topological polar surface area (TPSA) is 0 Å². The number of hydrogen-bond donors (Lipinski definition) is 0. The Morgan fingerprint density at radius 2 is 1.71 bits per heavy atom. The van der Waals surface area contributed by atoms with Crippen molar-refractivity contribution in [2.24, 2.45) is 0 Å². The largest absolute Gasteiger partial charge is 0.0889 e. The minimum Gasteiger partial charge on any atom is -0.0889 e. The summed E-state index contributed by atoms with van der Waals surface area (Å²) >= 11 is 8.85. The first-order valence-corrected chi connectivity index (χ1v) is 7.81. The Hall–Kier alpha value is -0.250. The molecular weight excluding hydrogens is 360 g/mol. The highest BCUT2D eigenvalue weighted by Gasteiger charge is 2.03. The lowest BCUT2D eigenvalue weighted by atomic mass is 10.2. The highest BCUT2D eigenvalue weighted by molar-refractivity contribution is 9.10. The van der Waals surface area contributed by atoms with Crippen molar-refractivity contribution < 1.29 is 0 Å². The van der Waals surface area contributed by atoms with Crippen LogP contribution in [0.4, 0.5) is 0 Å². The number of aryl methyl sites for hydroxylation is 1. The molecule has 0 spiro atoms. The van der Waals surface area contributed by atoms with E-state index in [0.717, 1.165) is 10.9 Å². The van der Waals surface area contributed by atoms with Crippen molar-refractivity contribution in [1.82, 2.24) is 0 Å². The van der Waals surface area contributed by atoms with Crippen molar-refractivity contribution in [2.75, 3.05) is 0 Å². The fourth-order valence-corrected chi connectivity index (χ4v) is 3.23. The minimum absolute atomic E-state index is 1.07. The first-order valence-electron chi connectivity index (χ1n) is 5.41. The van der Waals surface area contributed by atoms with Crippen LogP contribution in [0.5, 0.6) is 0 Å². The van der Waals surface area contributed by atoms with Crippen molar-refractivity contribution in [1.29, 1.82) is 0 Å². The second-order valence-electron chi connectivity index (χ2n) is 3.67. The summed E-state index contributed by atoms with van der Waals surface area (Å²) in [5.74, 6) is 0. The third-order valence-corrected chi connectivity index (χ3v) is 4.98. The van der Waals surface area contributed by atoms with E-state index in [1.165, 1.54) is 19.8 Å². The van der Waals surface area contributed by atoms with Crippen molar-refractivity contribution in [3.05, 3.63) is 57.0 Å². The average molecular weight is 372 g/mol. The van der Waals surface area contributed by atoms with Gasteiger partial charge in [0.25, 0.3) is 0 Å². The van der Waals surface area contributed by atoms with Gasteiger partial charge in [-0.25, -0.2) is 0 Å². The van der Waals surface area contributed by atoms with Gasteiger partial charge in [0.1, 0.15) is 0 Å². The van der Waals surface area contributed by atoms with Gasteiger partial charge in [-0.3, -0.25) is 0 Å². The smallest absolute Gasteiger partial charge is 0.0317 e. The average Bonchev–Trinajstić information content (AvgIpc) is 2.34. The summed E-state index contributed by atoms with van der Waals surface area (Å²) in [4.78, 5) is 2.50. The molecule has 88 valence electrons. The van der Waals surface area contributed by atoms with Crippen LogP contribution in [0.3, 0.4) is 0 Å². The Morgan fingerprint density at radius 3 is 2.29 bits per heavy atom. The van der Waals surface area contributed by atoms with Crippen molar-refractivity contribution >= 4 is 43.6 Å². The lowest BCUT2D eigenvalue weighted by Gasteiger charge is -2.06. The standard InChI is InChI=1S/C14H12Br2S/c1-2-10-3-8-14(13(16)9-10)17-12-6-4-11(15)5-7-12/h3-9H,2H2,1H3. The van der Waals surface area contributed by atoms with Crippen LogP contribution in [-0.4, -0.2) is 0 Å². The number of benzene rings is 2. The first kappa shape index (κ1) is 13.2. The molecule has 2 aromatic rings. The van der Waals surface area contributed by atoms with Crippen molar-refractivity contribution in [2.45, 2.75) is 23.1 Å². The Bertz CT molecular complexity index is 506. The second kappa shape index (κ2) is 6.07. The molecule has 0 aliphatic rings. The Kier molecular flexibility index (Phi) is 4.71. The van der Waals surface area contributed by atoms with E-state index >= 15 is 0 Å². The predicted octanol–water partition coefficient (Wildman–Crippen LogP) is 5.93. The summed E-state index contributed by atoms with van der Waals surface area (Å²) in [5.41, 5.74) is 1.36. The van der Waals surface area contributed by atoms with Crippen LogP contribution in [0.2, 0.25) is 0 Å². The van der Waals surface area contributed by atoms with Crippen LogP contribution >= 0.6 is 43.6 Å². The number of hydrogen-bond acceptors (Lipinski definition) is 1. The van der Waals surface area contributed by atoms with Gasteiger partial charge in [0.05, 0.1) is 0 Å². The van der Waals surface area contributed by atoms with E-state index in [0.29, 0.717) is 0 Å². The maximum atomic E-state index is 3.63. The quantitative estimate of drug-likeness (QED) is 0.644. The van der Waals surface area contributed by atoms with Crippen LogP contribution in [-0.2, 0) is 6.42 Å². The van der Waals surface area contributed by atoms with Crippen LogP contribution in [0.25, 0.3) is 0 Å². The van der Waals surface area contributed by atoms with Crippen molar-refractivity contribution in [3.63, 3.8) is 0 Å². The van der Waals surface area contributed by atoms with Gasteiger partial charge in [-0.2, -0.15) is 0 Å². The fourth-order valence-electron chi connectivity index (χ4n) is 1.48. The molecule has 0 aromatic heterocycles. The van der Waals surface area contributed by atoms with E-state index in [9.17, 15) is 0 Å². The monoisotopic (exact) mass is 370 g/mol. The molecule has 0 heterocycles. The van der Waals surface area contributed by atoms with Crippen LogP contribution in [0.15, 0.2) is 61.2 Å². The molecule has 0 atom stereocenters. The summed E-state index contributed by atoms with van der Waals surface area (Å²) < 4.78 is 2.28. The van der Waals surface area contributed by atoms with Crippen LogP contribution in [0.1, 0.15) is 12.5 Å². The molecule has 3 heteroatoms. The van der Waals surface area contributed by atoms with Gasteiger partial charge in [-0.05, 0) is 64.3 Å². The van der Waals surface area contributed by atoms with E-state index in [4.69, 9.17) is 0 Å². The van der Waals surface area contributed by atoms with Gasteiger partial charge in [0, 0.05) is 18.7 Å². The van der Waals surface area contributed by atoms with Crippen molar-refractivity contribution in [3.8, 4) is 0 Å². The molecule has 0 aliphatic heterocycles. The SMILES string of the molecule is CCc1ccc(Sc2ccc(Br)cc2)c(Br)c1. The van der Waals surface area contributed by atoms with Crippen LogP contribution in [0, 0.1) is 0 Å². The second-order valence-corrected chi connectivity index (χ2v) is 6.56. The Labute approximate surface area is 123 Å². The molecule has 2 rings (SSSR count). The van der Waals surface area contributed by atoms with E-state index < -0.39 is 0 Å². The maximum absolute atomic E-state index is 3.63. The zero-order chi connectivity index (χ0) is 12.3. The minimum atomic E-state index is 1.07. The zero-order valence-corrected chi connectivity index (χ0v) is 13.4. The molecule has 0 nitrogen and oxygen atoms in total. The normalized spacial score (nSPS) is 10.5. The molecular formula is C14H12Br2S. The molecule has 0 bridgehead atoms. The number of halogens is 2. The summed E-state index contributed by atoms with van der Waals surface area (Å²) in [5, 5.41) is 0. The molecule has 0 unspecified atom stereocenters. The molecule has 0 saturated heterocycles. The van der Waals surface area contributed by atoms with E-state index in [-0.39, 0.29) is 0 Å². The zero-order valence-electron chi connectivity index (χ0n) is 9.41. The van der Waals surface area contributed by atoms with E-state index in [1.54, 1.807) is 11.8 Å². The number of rotatable bonds is 3. The van der Waals surface area contributed by atoms with Gasteiger partial charge in [-0.1, -0.05) is 40.7 Å². The summed E-state index contributed by atoms with van der Waals surface area (Å²) in [6.07, 6.45) is 1.07. The van der Waals surface area contributed by atoms with Gasteiger partial charge < -0.3 is 0 Å². The molecule has 0 fully saturated rings. The highest BCUT2D eigenvalue weighted by Crippen LogP contribution is 2.34. The van der Waals surface area contributed by atoms with Gasteiger partial charge in [-0.15, -0.1) is 0 Å². The van der Waals surface area contributed by atoms with Crippen LogP contribution < -0.4 is 0 Å². The van der Waals surface area contributed by atoms with E-state index in [1.807, 2.05) is 0 Å². The van der Waals surface area contributed by atoms with E-state index in [2.05, 4.69) is 81.2 Å². The first-order chi connectivity index (χ1) is 8.19. The lowest BCUT2D eigenvalue weighted by Crippen LogP contribution is -1.82. The molecule has 0 radical (unpaired) electrons. The van der Waals surface area contributed by atoms with Gasteiger partial charge in [0.2, 0.25) is 0 Å². The molecule has 0 aliphatic carbocycles. The molecule has 0 amide bonds. The molecule has 17 heavy (non-hydrogen) atoms. The molecule has 0 saturated carbocycles. The molecule has 0 N–H and O–H groups in total. The summed E-state index contributed by atoms with van der Waals surface area (Å²) in [6.45, 7) is 2.17. The highest BCUT2D eigenvalue weighted by atomic mass is 79.9. The Balaban J connectivity index is 2.21.